The third-order valence-electron chi connectivity index (χ3n) is 2.39. The molecule has 0 radical (unpaired) electrons. The van der Waals surface area contributed by atoms with E-state index in [1.54, 1.807) is 11.6 Å². The Morgan fingerprint density at radius 1 is 1.38 bits per heavy atom. The Labute approximate surface area is 91.0 Å². The number of hydrogen-bond acceptors (Lipinski definition) is 2. The molecular weight excluding hydrogens is 214 g/mol. The van der Waals surface area contributed by atoms with Gasteiger partial charge in [0.25, 0.3) is 0 Å². The number of imidazole rings is 1. The largest absolute Gasteiger partial charge is 0.382 e. The van der Waals surface area contributed by atoms with Crippen LogP contribution in [0.2, 0.25) is 0 Å². The van der Waals surface area contributed by atoms with Crippen molar-refractivity contribution in [3.63, 3.8) is 0 Å². The van der Waals surface area contributed by atoms with E-state index in [0.29, 0.717) is 5.69 Å². The molecule has 0 spiro atoms. The van der Waals surface area contributed by atoms with Crippen LogP contribution in [0, 0.1) is 11.6 Å². The summed E-state index contributed by atoms with van der Waals surface area (Å²) in [6.45, 7) is 0. The highest BCUT2D eigenvalue weighted by molar-refractivity contribution is 5.27. The molecule has 0 aliphatic heterocycles. The zero-order valence-electron chi connectivity index (χ0n) is 8.56. The minimum absolute atomic E-state index is 0.0324. The maximum Gasteiger partial charge on any atom is 0.132 e. The third-order valence-corrected chi connectivity index (χ3v) is 2.39. The molecular formula is C11H10F2N2O. The van der Waals surface area contributed by atoms with E-state index in [0.717, 1.165) is 12.1 Å². The smallest absolute Gasteiger partial charge is 0.132 e. The van der Waals surface area contributed by atoms with Crippen LogP contribution in [-0.2, 0) is 7.05 Å². The second-order valence-electron chi connectivity index (χ2n) is 3.50. The van der Waals surface area contributed by atoms with Crippen molar-refractivity contribution in [2.45, 2.75) is 6.10 Å². The molecule has 84 valence electrons. The first-order chi connectivity index (χ1) is 7.59. The summed E-state index contributed by atoms with van der Waals surface area (Å²) in [6, 6.07) is 3.08. The average Bonchev–Trinajstić information content (AvgIpc) is 2.63. The number of nitrogens with zero attached hydrogens (tertiary/aromatic N) is 2. The van der Waals surface area contributed by atoms with Gasteiger partial charge in [-0.2, -0.15) is 0 Å². The Balaban J connectivity index is 2.41. The number of aryl methyl sites for hydroxylation is 1. The Kier molecular flexibility index (Phi) is 2.70. The van der Waals surface area contributed by atoms with E-state index >= 15 is 0 Å². The van der Waals surface area contributed by atoms with Crippen molar-refractivity contribution in [3.05, 3.63) is 53.6 Å². The second-order valence-corrected chi connectivity index (χ2v) is 3.50. The first-order valence-electron chi connectivity index (χ1n) is 4.69. The summed E-state index contributed by atoms with van der Waals surface area (Å²) in [5.74, 6) is -1.44. The standard InChI is InChI=1S/C11H10F2N2O/c1-15-6-14-5-10(15)11(16)8-3-2-7(12)4-9(8)13/h2-6,11,16H,1H3. The van der Waals surface area contributed by atoms with Crippen LogP contribution >= 0.6 is 0 Å². The molecule has 1 aromatic carbocycles. The Hall–Kier alpha value is -1.75. The lowest BCUT2D eigenvalue weighted by atomic mass is 10.1. The molecule has 1 aromatic heterocycles. The van der Waals surface area contributed by atoms with Crippen molar-refractivity contribution >= 4 is 0 Å². The Bertz CT molecular complexity index is 510. The summed E-state index contributed by atoms with van der Waals surface area (Å²) in [7, 11) is 1.69. The summed E-state index contributed by atoms with van der Waals surface area (Å²) in [5.41, 5.74) is 0.482. The van der Waals surface area contributed by atoms with E-state index in [-0.39, 0.29) is 5.56 Å². The predicted molar refractivity (Wildman–Crippen MR) is 53.6 cm³/mol. The van der Waals surface area contributed by atoms with Gasteiger partial charge in [0.1, 0.15) is 17.7 Å². The molecule has 2 aromatic rings. The topological polar surface area (TPSA) is 38.0 Å². The summed E-state index contributed by atoms with van der Waals surface area (Å²) < 4.78 is 27.7. The van der Waals surface area contributed by atoms with E-state index in [4.69, 9.17) is 0 Å². The number of rotatable bonds is 2. The van der Waals surface area contributed by atoms with Crippen LogP contribution in [0.4, 0.5) is 8.78 Å². The molecule has 0 aliphatic rings. The van der Waals surface area contributed by atoms with Crippen LogP contribution in [-0.4, -0.2) is 14.7 Å². The second kappa shape index (κ2) is 4.02. The predicted octanol–water partition coefficient (Wildman–Crippen LogP) is 1.78. The molecule has 0 saturated heterocycles. The van der Waals surface area contributed by atoms with Gasteiger partial charge in [0.15, 0.2) is 0 Å². The first-order valence-corrected chi connectivity index (χ1v) is 4.69. The molecule has 1 atom stereocenters. The SMILES string of the molecule is Cn1cncc1C(O)c1ccc(F)cc1F. The Morgan fingerprint density at radius 3 is 2.69 bits per heavy atom. The van der Waals surface area contributed by atoms with E-state index in [2.05, 4.69) is 4.98 Å². The van der Waals surface area contributed by atoms with Gasteiger partial charge in [-0.25, -0.2) is 13.8 Å². The van der Waals surface area contributed by atoms with E-state index in [1.807, 2.05) is 0 Å². The van der Waals surface area contributed by atoms with Crippen molar-refractivity contribution in [2.24, 2.45) is 7.05 Å². The molecule has 0 aliphatic carbocycles. The summed E-state index contributed by atoms with van der Waals surface area (Å²) in [4.78, 5) is 3.82. The van der Waals surface area contributed by atoms with Gasteiger partial charge in [-0.1, -0.05) is 6.07 Å². The van der Waals surface area contributed by atoms with Crippen LogP contribution in [0.25, 0.3) is 0 Å². The lowest BCUT2D eigenvalue weighted by Gasteiger charge is -2.12. The van der Waals surface area contributed by atoms with E-state index in [1.165, 1.54) is 18.6 Å². The number of aromatic nitrogens is 2. The molecule has 0 fully saturated rings. The van der Waals surface area contributed by atoms with Crippen molar-refractivity contribution < 1.29 is 13.9 Å². The van der Waals surface area contributed by atoms with Crippen molar-refractivity contribution in [2.75, 3.05) is 0 Å². The first kappa shape index (κ1) is 10.8. The van der Waals surface area contributed by atoms with Gasteiger partial charge >= 0.3 is 0 Å². The molecule has 1 N–H and O–H groups in total. The molecule has 1 heterocycles. The van der Waals surface area contributed by atoms with Crippen molar-refractivity contribution in [1.82, 2.24) is 9.55 Å². The highest BCUT2D eigenvalue weighted by atomic mass is 19.1. The number of halogens is 2. The minimum Gasteiger partial charge on any atom is -0.382 e. The fraction of sp³-hybridized carbons (Fsp3) is 0.182. The van der Waals surface area contributed by atoms with E-state index < -0.39 is 17.7 Å². The van der Waals surface area contributed by atoms with Crippen LogP contribution in [0.5, 0.6) is 0 Å². The molecule has 2 rings (SSSR count). The van der Waals surface area contributed by atoms with Crippen LogP contribution < -0.4 is 0 Å². The fourth-order valence-corrected chi connectivity index (χ4v) is 1.51. The maximum atomic E-state index is 13.4. The number of aliphatic hydroxyl groups excluding tert-OH is 1. The minimum atomic E-state index is -1.15. The van der Waals surface area contributed by atoms with E-state index in [9.17, 15) is 13.9 Å². The highest BCUT2D eigenvalue weighted by Crippen LogP contribution is 2.23. The van der Waals surface area contributed by atoms with Gasteiger partial charge < -0.3 is 9.67 Å². The fourth-order valence-electron chi connectivity index (χ4n) is 1.51. The van der Waals surface area contributed by atoms with Crippen LogP contribution in [0.1, 0.15) is 17.4 Å². The normalized spacial score (nSPS) is 12.8. The number of aliphatic hydroxyl groups is 1. The Morgan fingerprint density at radius 2 is 2.12 bits per heavy atom. The van der Waals surface area contributed by atoms with Crippen molar-refractivity contribution in [1.29, 1.82) is 0 Å². The highest BCUT2D eigenvalue weighted by Gasteiger charge is 2.17. The molecule has 5 heteroatoms. The van der Waals surface area contributed by atoms with Crippen LogP contribution in [0.3, 0.4) is 0 Å². The molecule has 1 unspecified atom stereocenters. The average molecular weight is 224 g/mol. The molecule has 3 nitrogen and oxygen atoms in total. The number of benzene rings is 1. The third kappa shape index (κ3) is 1.81. The summed E-state index contributed by atoms with van der Waals surface area (Å²) in [5, 5.41) is 9.91. The summed E-state index contributed by atoms with van der Waals surface area (Å²) in [6.07, 6.45) is 1.79. The van der Waals surface area contributed by atoms with Gasteiger partial charge in [0.05, 0.1) is 18.2 Å². The van der Waals surface area contributed by atoms with Gasteiger partial charge in [-0.3, -0.25) is 0 Å². The zero-order valence-corrected chi connectivity index (χ0v) is 8.56. The zero-order chi connectivity index (χ0) is 11.7. The summed E-state index contributed by atoms with van der Waals surface area (Å²) >= 11 is 0. The van der Waals surface area contributed by atoms with Crippen molar-refractivity contribution in [3.8, 4) is 0 Å². The van der Waals surface area contributed by atoms with Gasteiger partial charge in [-0.15, -0.1) is 0 Å². The van der Waals surface area contributed by atoms with Gasteiger partial charge in [0, 0.05) is 18.7 Å². The monoisotopic (exact) mass is 224 g/mol. The van der Waals surface area contributed by atoms with Crippen LogP contribution in [0.15, 0.2) is 30.7 Å². The van der Waals surface area contributed by atoms with Gasteiger partial charge in [0.2, 0.25) is 0 Å². The number of hydrogen-bond donors (Lipinski definition) is 1. The molecule has 0 saturated carbocycles. The lowest BCUT2D eigenvalue weighted by molar-refractivity contribution is 0.206. The quantitative estimate of drug-likeness (QED) is 0.844. The molecule has 0 bridgehead atoms. The van der Waals surface area contributed by atoms with Gasteiger partial charge in [-0.05, 0) is 6.07 Å². The molecule has 0 amide bonds. The molecule has 16 heavy (non-hydrogen) atoms. The lowest BCUT2D eigenvalue weighted by Crippen LogP contribution is -2.07. The maximum absolute atomic E-state index is 13.4.